The van der Waals surface area contributed by atoms with E-state index in [1.54, 1.807) is 31.4 Å². The maximum Gasteiger partial charge on any atom is 0.274 e. The molecule has 4 heterocycles. The summed E-state index contributed by atoms with van der Waals surface area (Å²) >= 11 is 0. The number of amides is 2. The SMILES string of the molecule is CN(C)C(=O)c1ccc(-c2ccc(C3[C@@H]4CN(C(=O)c5cnccn5)C[C@H]3N4)cc2)cc1. The molecule has 3 aliphatic rings. The third-order valence-corrected chi connectivity index (χ3v) is 6.37. The summed E-state index contributed by atoms with van der Waals surface area (Å²) in [6.45, 7) is 1.33. The van der Waals surface area contributed by atoms with E-state index in [0.29, 0.717) is 30.3 Å². The van der Waals surface area contributed by atoms with E-state index in [-0.39, 0.29) is 23.9 Å². The van der Waals surface area contributed by atoms with Crippen LogP contribution in [0.15, 0.2) is 67.1 Å². The molecule has 2 amide bonds. The van der Waals surface area contributed by atoms with Gasteiger partial charge in [0.1, 0.15) is 5.69 Å². The van der Waals surface area contributed by atoms with Crippen molar-refractivity contribution in [1.29, 1.82) is 0 Å². The number of fused-ring (bicyclic) bond motifs is 2. The van der Waals surface area contributed by atoms with Gasteiger partial charge in [-0.15, -0.1) is 0 Å². The molecule has 32 heavy (non-hydrogen) atoms. The van der Waals surface area contributed by atoms with E-state index in [1.165, 1.54) is 11.8 Å². The molecule has 0 radical (unpaired) electrons. The minimum absolute atomic E-state index is 0.00255. The predicted molar refractivity (Wildman–Crippen MR) is 121 cm³/mol. The topological polar surface area (TPSA) is 78.4 Å². The van der Waals surface area contributed by atoms with Crippen molar-refractivity contribution in [2.75, 3.05) is 27.2 Å². The normalized spacial score (nSPS) is 21.6. The highest BCUT2D eigenvalue weighted by molar-refractivity contribution is 5.94. The van der Waals surface area contributed by atoms with E-state index in [4.69, 9.17) is 0 Å². The van der Waals surface area contributed by atoms with Gasteiger partial charge in [-0.25, -0.2) is 4.98 Å². The lowest BCUT2D eigenvalue weighted by molar-refractivity contribution is 0.0362. The maximum absolute atomic E-state index is 12.7. The lowest BCUT2D eigenvalue weighted by Gasteiger charge is -2.54. The van der Waals surface area contributed by atoms with Gasteiger partial charge in [-0.2, -0.15) is 0 Å². The Bertz CT molecular complexity index is 1120. The van der Waals surface area contributed by atoms with Crippen molar-refractivity contribution in [3.8, 4) is 11.1 Å². The minimum Gasteiger partial charge on any atom is -0.345 e. The molecule has 0 spiro atoms. The first-order chi connectivity index (χ1) is 15.5. The standard InChI is InChI=1S/C25H25N5O2/c1-29(2)24(31)19-9-5-17(6-10-19)16-3-7-18(8-4-16)23-21-14-30(15-22(23)28-21)25(32)20-13-26-11-12-27-20/h3-13,21-23,28H,14-15H2,1-2H3/t21-,22+,23?. The van der Waals surface area contributed by atoms with Crippen LogP contribution in [0.1, 0.15) is 32.3 Å². The van der Waals surface area contributed by atoms with Gasteiger partial charge in [-0.3, -0.25) is 14.6 Å². The van der Waals surface area contributed by atoms with Gasteiger partial charge in [-0.05, 0) is 28.8 Å². The van der Waals surface area contributed by atoms with Gasteiger partial charge in [0.15, 0.2) is 0 Å². The van der Waals surface area contributed by atoms with Crippen molar-refractivity contribution in [1.82, 2.24) is 25.1 Å². The van der Waals surface area contributed by atoms with Crippen molar-refractivity contribution in [2.24, 2.45) is 0 Å². The van der Waals surface area contributed by atoms with Gasteiger partial charge in [0.25, 0.3) is 11.8 Å². The largest absolute Gasteiger partial charge is 0.345 e. The molecule has 3 fully saturated rings. The quantitative estimate of drug-likeness (QED) is 0.692. The molecule has 2 aromatic carbocycles. The Morgan fingerprint density at radius 1 is 0.938 bits per heavy atom. The average Bonchev–Trinajstić information content (AvgIpc) is 2.84. The van der Waals surface area contributed by atoms with Crippen LogP contribution in [-0.4, -0.2) is 70.9 Å². The third-order valence-electron chi connectivity index (χ3n) is 6.37. The highest BCUT2D eigenvalue weighted by Gasteiger charge is 2.48. The highest BCUT2D eigenvalue weighted by atomic mass is 16.2. The van der Waals surface area contributed by atoms with Crippen LogP contribution >= 0.6 is 0 Å². The molecule has 162 valence electrons. The van der Waals surface area contributed by atoms with Gasteiger partial charge < -0.3 is 15.1 Å². The average molecular weight is 428 g/mol. The first-order valence-electron chi connectivity index (χ1n) is 10.7. The second kappa shape index (κ2) is 8.16. The summed E-state index contributed by atoms with van der Waals surface area (Å²) in [6, 6.07) is 16.8. The predicted octanol–water partition coefficient (Wildman–Crippen LogP) is 2.43. The number of carbonyl (C=O) groups is 2. The maximum atomic E-state index is 12.7. The fourth-order valence-electron chi connectivity index (χ4n) is 4.69. The molecule has 1 unspecified atom stereocenters. The smallest absolute Gasteiger partial charge is 0.274 e. The van der Waals surface area contributed by atoms with E-state index in [1.807, 2.05) is 29.2 Å². The summed E-state index contributed by atoms with van der Waals surface area (Å²) in [5, 5.41) is 3.57. The van der Waals surface area contributed by atoms with Crippen LogP contribution in [0.5, 0.6) is 0 Å². The molecule has 6 rings (SSSR count). The summed E-state index contributed by atoms with van der Waals surface area (Å²) in [5.41, 5.74) is 4.57. The third kappa shape index (κ3) is 3.65. The van der Waals surface area contributed by atoms with Crippen LogP contribution in [0.4, 0.5) is 0 Å². The number of hydrogen-bond donors (Lipinski definition) is 1. The second-order valence-corrected chi connectivity index (χ2v) is 8.61. The van der Waals surface area contributed by atoms with E-state index in [2.05, 4.69) is 39.6 Å². The molecule has 3 aliphatic heterocycles. The first-order valence-corrected chi connectivity index (χ1v) is 10.7. The summed E-state index contributed by atoms with van der Waals surface area (Å²) in [4.78, 5) is 36.4. The second-order valence-electron chi connectivity index (χ2n) is 8.61. The molecular weight excluding hydrogens is 402 g/mol. The summed E-state index contributed by atoms with van der Waals surface area (Å²) in [6.07, 6.45) is 4.65. The van der Waals surface area contributed by atoms with Gasteiger partial charge in [-0.1, -0.05) is 36.4 Å². The van der Waals surface area contributed by atoms with E-state index >= 15 is 0 Å². The number of piperidine rings is 1. The molecule has 3 atom stereocenters. The Balaban J connectivity index is 1.26. The van der Waals surface area contributed by atoms with Gasteiger partial charge in [0.2, 0.25) is 0 Å². The van der Waals surface area contributed by atoms with Crippen LogP contribution < -0.4 is 5.32 Å². The molecule has 2 bridgehead atoms. The number of carbonyl (C=O) groups excluding carboxylic acids is 2. The zero-order valence-corrected chi connectivity index (χ0v) is 18.1. The number of nitrogens with one attached hydrogen (secondary N) is 1. The van der Waals surface area contributed by atoms with Gasteiger partial charge in [0.05, 0.1) is 6.20 Å². The Morgan fingerprint density at radius 2 is 1.56 bits per heavy atom. The van der Waals surface area contributed by atoms with Crippen LogP contribution in [0.25, 0.3) is 11.1 Å². The minimum atomic E-state index is -0.0559. The lowest BCUT2D eigenvalue weighted by Crippen LogP contribution is -2.72. The Kier molecular flexibility index (Phi) is 5.19. The van der Waals surface area contributed by atoms with Crippen LogP contribution in [0.3, 0.4) is 0 Å². The van der Waals surface area contributed by atoms with Gasteiger partial charge in [0, 0.05) is 63.1 Å². The molecule has 0 aliphatic carbocycles. The van der Waals surface area contributed by atoms with Crippen molar-refractivity contribution in [3.63, 3.8) is 0 Å². The lowest BCUT2D eigenvalue weighted by atomic mass is 9.74. The Labute approximate surface area is 187 Å². The fourth-order valence-corrected chi connectivity index (χ4v) is 4.69. The zero-order valence-electron chi connectivity index (χ0n) is 18.1. The summed E-state index contributed by atoms with van der Waals surface area (Å²) < 4.78 is 0. The molecular formula is C25H25N5O2. The first kappa shape index (κ1) is 20.3. The van der Waals surface area contributed by atoms with E-state index in [9.17, 15) is 9.59 Å². The Morgan fingerprint density at radius 3 is 2.12 bits per heavy atom. The highest BCUT2D eigenvalue weighted by Crippen LogP contribution is 2.37. The summed E-state index contributed by atoms with van der Waals surface area (Å²) in [7, 11) is 3.51. The molecule has 7 heteroatoms. The van der Waals surface area contributed by atoms with Crippen LogP contribution in [-0.2, 0) is 0 Å². The van der Waals surface area contributed by atoms with Crippen molar-refractivity contribution in [3.05, 3.63) is 83.9 Å². The van der Waals surface area contributed by atoms with Gasteiger partial charge >= 0.3 is 0 Å². The van der Waals surface area contributed by atoms with Crippen molar-refractivity contribution < 1.29 is 9.59 Å². The summed E-state index contributed by atoms with van der Waals surface area (Å²) in [5.74, 6) is 0.345. The van der Waals surface area contributed by atoms with E-state index in [0.717, 1.165) is 11.1 Å². The number of nitrogens with zero attached hydrogens (tertiary/aromatic N) is 4. The monoisotopic (exact) mass is 427 g/mol. The molecule has 0 saturated carbocycles. The number of hydrogen-bond acceptors (Lipinski definition) is 5. The van der Waals surface area contributed by atoms with Crippen molar-refractivity contribution in [2.45, 2.75) is 18.0 Å². The number of rotatable bonds is 4. The zero-order chi connectivity index (χ0) is 22.2. The molecule has 1 N–H and O–H groups in total. The molecule has 3 aromatic rings. The fraction of sp³-hybridized carbons (Fsp3) is 0.280. The molecule has 3 saturated heterocycles. The molecule has 7 nitrogen and oxygen atoms in total. The molecule has 1 aromatic heterocycles. The van der Waals surface area contributed by atoms with Crippen LogP contribution in [0, 0.1) is 0 Å². The van der Waals surface area contributed by atoms with E-state index < -0.39 is 0 Å². The van der Waals surface area contributed by atoms with Crippen molar-refractivity contribution >= 4 is 11.8 Å². The number of benzene rings is 2. The van der Waals surface area contributed by atoms with Crippen LogP contribution in [0.2, 0.25) is 0 Å². The number of aromatic nitrogens is 2. The Hall–Kier alpha value is -3.58. The number of piperazine rings is 1.